The molecule has 8 heteroatoms. The summed E-state index contributed by atoms with van der Waals surface area (Å²) in [5.74, 6) is 5.59. The topological polar surface area (TPSA) is 65.7 Å². The van der Waals surface area contributed by atoms with Gasteiger partial charge in [-0.05, 0) is 18.8 Å². The van der Waals surface area contributed by atoms with Crippen LogP contribution in [0.25, 0.3) is 0 Å². The molecule has 0 bridgehead atoms. The van der Waals surface area contributed by atoms with Gasteiger partial charge in [-0.2, -0.15) is 13.2 Å². The Balaban J connectivity index is 1.83. The summed E-state index contributed by atoms with van der Waals surface area (Å²) in [6.45, 7) is 0.480. The van der Waals surface area contributed by atoms with Gasteiger partial charge >= 0.3 is 6.18 Å². The van der Waals surface area contributed by atoms with Gasteiger partial charge in [0.15, 0.2) is 0 Å². The molecule has 2 fully saturated rings. The van der Waals surface area contributed by atoms with Crippen LogP contribution in [0, 0.1) is 5.92 Å². The molecule has 3 atom stereocenters. The zero-order valence-corrected chi connectivity index (χ0v) is 11.2. The standard InChI is InChI=1S/C12H21F3N2O3/c13-12(14,15)8-19-6-10(17-16)9-1-3-20-11(5-9)2-4-18-7-11/h9-10,17H,1-8,16H2. The van der Waals surface area contributed by atoms with E-state index >= 15 is 0 Å². The van der Waals surface area contributed by atoms with Crippen molar-refractivity contribution in [3.05, 3.63) is 0 Å². The molecule has 0 saturated carbocycles. The minimum absolute atomic E-state index is 0.0579. The van der Waals surface area contributed by atoms with Crippen molar-refractivity contribution in [3.63, 3.8) is 0 Å². The zero-order valence-electron chi connectivity index (χ0n) is 11.2. The van der Waals surface area contributed by atoms with Gasteiger partial charge in [0.2, 0.25) is 0 Å². The number of halogens is 3. The number of hydrazine groups is 1. The van der Waals surface area contributed by atoms with E-state index in [2.05, 4.69) is 5.43 Å². The van der Waals surface area contributed by atoms with Gasteiger partial charge in [-0.3, -0.25) is 11.3 Å². The summed E-state index contributed by atoms with van der Waals surface area (Å²) >= 11 is 0. The van der Waals surface area contributed by atoms with E-state index < -0.39 is 12.8 Å². The number of alkyl halides is 3. The number of rotatable bonds is 5. The molecule has 0 radical (unpaired) electrons. The highest BCUT2D eigenvalue weighted by molar-refractivity contribution is 4.93. The van der Waals surface area contributed by atoms with Gasteiger partial charge < -0.3 is 14.2 Å². The molecule has 2 rings (SSSR count). The predicted molar refractivity (Wildman–Crippen MR) is 64.8 cm³/mol. The molecule has 0 aliphatic carbocycles. The summed E-state index contributed by atoms with van der Waals surface area (Å²) in [6.07, 6.45) is -2.00. The fourth-order valence-corrected chi connectivity index (χ4v) is 2.89. The van der Waals surface area contributed by atoms with Crippen molar-refractivity contribution in [2.45, 2.75) is 37.1 Å². The molecule has 0 amide bonds. The monoisotopic (exact) mass is 298 g/mol. The van der Waals surface area contributed by atoms with Crippen LogP contribution in [-0.4, -0.2) is 50.9 Å². The molecule has 0 aromatic rings. The maximum absolute atomic E-state index is 12.1. The zero-order chi connectivity index (χ0) is 14.6. The first-order valence-corrected chi connectivity index (χ1v) is 6.76. The molecule has 0 aromatic heterocycles. The lowest BCUT2D eigenvalue weighted by atomic mass is 9.81. The largest absolute Gasteiger partial charge is 0.411 e. The highest BCUT2D eigenvalue weighted by Crippen LogP contribution is 2.37. The second-order valence-electron chi connectivity index (χ2n) is 5.49. The third kappa shape index (κ3) is 4.29. The number of nitrogens with two attached hydrogens (primary N) is 1. The Hall–Kier alpha value is -0.410. The first-order chi connectivity index (χ1) is 9.44. The third-order valence-corrected chi connectivity index (χ3v) is 3.94. The molecule has 2 saturated heterocycles. The quantitative estimate of drug-likeness (QED) is 0.585. The Labute approximate surface area is 115 Å². The van der Waals surface area contributed by atoms with Gasteiger partial charge in [-0.25, -0.2) is 0 Å². The number of nitrogens with one attached hydrogen (secondary N) is 1. The van der Waals surface area contributed by atoms with Crippen LogP contribution < -0.4 is 11.3 Å². The van der Waals surface area contributed by atoms with E-state index in [9.17, 15) is 13.2 Å². The summed E-state index contributed by atoms with van der Waals surface area (Å²) in [6, 6.07) is -0.307. The molecule has 20 heavy (non-hydrogen) atoms. The van der Waals surface area contributed by atoms with Crippen molar-refractivity contribution in [2.75, 3.05) is 33.0 Å². The minimum atomic E-state index is -4.31. The highest BCUT2D eigenvalue weighted by Gasteiger charge is 2.43. The van der Waals surface area contributed by atoms with Gasteiger partial charge in [-0.15, -0.1) is 0 Å². The maximum atomic E-state index is 12.1. The van der Waals surface area contributed by atoms with E-state index in [0.717, 1.165) is 19.3 Å². The first kappa shape index (κ1) is 16.0. The Morgan fingerprint density at radius 3 is 2.80 bits per heavy atom. The number of hydrogen-bond donors (Lipinski definition) is 2. The SMILES string of the molecule is NNC(COCC(F)(F)F)C1CCOC2(CCOC2)C1. The third-order valence-electron chi connectivity index (χ3n) is 3.94. The van der Waals surface area contributed by atoms with Crippen LogP contribution in [0.1, 0.15) is 19.3 Å². The van der Waals surface area contributed by atoms with Crippen molar-refractivity contribution in [3.8, 4) is 0 Å². The fourth-order valence-electron chi connectivity index (χ4n) is 2.89. The number of hydrogen-bond acceptors (Lipinski definition) is 5. The van der Waals surface area contributed by atoms with Crippen molar-refractivity contribution in [1.82, 2.24) is 5.43 Å². The van der Waals surface area contributed by atoms with Crippen LogP contribution in [0.2, 0.25) is 0 Å². The molecule has 3 unspecified atom stereocenters. The van der Waals surface area contributed by atoms with Crippen molar-refractivity contribution < 1.29 is 27.4 Å². The van der Waals surface area contributed by atoms with E-state index in [-0.39, 0.29) is 24.2 Å². The molecule has 3 N–H and O–H groups in total. The van der Waals surface area contributed by atoms with E-state index in [0.29, 0.717) is 19.8 Å². The Morgan fingerprint density at radius 2 is 2.20 bits per heavy atom. The number of ether oxygens (including phenoxy) is 3. The molecule has 2 aliphatic heterocycles. The lowest BCUT2D eigenvalue weighted by Gasteiger charge is -2.40. The first-order valence-electron chi connectivity index (χ1n) is 6.76. The van der Waals surface area contributed by atoms with Crippen molar-refractivity contribution in [1.29, 1.82) is 0 Å². The predicted octanol–water partition coefficient (Wildman–Crippen LogP) is 0.983. The molecule has 118 valence electrons. The summed E-state index contributed by atoms with van der Waals surface area (Å²) in [4.78, 5) is 0. The van der Waals surface area contributed by atoms with Gasteiger partial charge in [-0.1, -0.05) is 0 Å². The van der Waals surface area contributed by atoms with E-state index in [4.69, 9.17) is 20.1 Å². The summed E-state index contributed by atoms with van der Waals surface area (Å²) in [5, 5.41) is 0. The second kappa shape index (κ2) is 6.57. The molecular formula is C12H21F3N2O3. The van der Waals surface area contributed by atoms with Gasteiger partial charge in [0.25, 0.3) is 0 Å². The van der Waals surface area contributed by atoms with Crippen molar-refractivity contribution in [2.24, 2.45) is 11.8 Å². The minimum Gasteiger partial charge on any atom is -0.378 e. The lowest BCUT2D eigenvalue weighted by Crippen LogP contribution is -2.51. The average Bonchev–Trinajstić information content (AvgIpc) is 2.81. The van der Waals surface area contributed by atoms with Crippen molar-refractivity contribution >= 4 is 0 Å². The normalized spacial score (nSPS) is 32.7. The molecular weight excluding hydrogens is 277 g/mol. The lowest BCUT2D eigenvalue weighted by molar-refractivity contribution is -0.178. The fraction of sp³-hybridized carbons (Fsp3) is 1.00. The summed E-state index contributed by atoms with van der Waals surface area (Å²) < 4.78 is 52.1. The van der Waals surface area contributed by atoms with E-state index in [1.165, 1.54) is 0 Å². The van der Waals surface area contributed by atoms with Crippen LogP contribution in [0.5, 0.6) is 0 Å². The van der Waals surface area contributed by atoms with E-state index in [1.807, 2.05) is 0 Å². The summed E-state index contributed by atoms with van der Waals surface area (Å²) in [5.41, 5.74) is 2.29. The van der Waals surface area contributed by atoms with Crippen LogP contribution in [0.15, 0.2) is 0 Å². The van der Waals surface area contributed by atoms with Crippen LogP contribution in [-0.2, 0) is 14.2 Å². The molecule has 2 aliphatic rings. The van der Waals surface area contributed by atoms with Gasteiger partial charge in [0.05, 0.1) is 18.8 Å². The van der Waals surface area contributed by atoms with Gasteiger partial charge in [0, 0.05) is 25.7 Å². The molecule has 5 nitrogen and oxygen atoms in total. The smallest absolute Gasteiger partial charge is 0.378 e. The second-order valence-corrected chi connectivity index (χ2v) is 5.49. The van der Waals surface area contributed by atoms with E-state index in [1.54, 1.807) is 0 Å². The van der Waals surface area contributed by atoms with Crippen LogP contribution >= 0.6 is 0 Å². The Bertz CT molecular complexity index is 309. The van der Waals surface area contributed by atoms with Crippen LogP contribution in [0.3, 0.4) is 0 Å². The Kier molecular flexibility index (Phi) is 5.25. The maximum Gasteiger partial charge on any atom is 0.411 e. The van der Waals surface area contributed by atoms with Gasteiger partial charge in [0.1, 0.15) is 6.61 Å². The molecule has 2 heterocycles. The Morgan fingerprint density at radius 1 is 1.40 bits per heavy atom. The summed E-state index contributed by atoms with van der Waals surface area (Å²) in [7, 11) is 0. The molecule has 1 spiro atoms. The van der Waals surface area contributed by atoms with Crippen LogP contribution in [0.4, 0.5) is 13.2 Å². The molecule has 0 aromatic carbocycles. The highest BCUT2D eigenvalue weighted by atomic mass is 19.4. The average molecular weight is 298 g/mol.